The predicted octanol–water partition coefficient (Wildman–Crippen LogP) is 1.26. The van der Waals surface area contributed by atoms with E-state index in [9.17, 15) is 9.59 Å². The van der Waals surface area contributed by atoms with Gasteiger partial charge in [-0.05, 0) is 18.8 Å². The van der Waals surface area contributed by atoms with Gasteiger partial charge in [-0.1, -0.05) is 26.5 Å². The minimum atomic E-state index is -0.661. The minimum absolute atomic E-state index is 0.118. The molecule has 1 aliphatic rings. The summed E-state index contributed by atoms with van der Waals surface area (Å²) in [5.74, 6) is -0.926. The van der Waals surface area contributed by atoms with Gasteiger partial charge in [0, 0.05) is 6.92 Å². The zero-order chi connectivity index (χ0) is 18.3. The number of nitrogens with two attached hydrogens (primary N) is 1. The Hall–Kier alpha value is -1.44. The second-order valence-corrected chi connectivity index (χ2v) is 6.29. The molecule has 7 nitrogen and oxygen atoms in total. The highest BCUT2D eigenvalue weighted by Crippen LogP contribution is 2.30. The van der Waals surface area contributed by atoms with Crippen molar-refractivity contribution in [3.63, 3.8) is 0 Å². The van der Waals surface area contributed by atoms with Crippen LogP contribution in [-0.2, 0) is 28.5 Å². The van der Waals surface area contributed by atoms with Crippen molar-refractivity contribution in [2.75, 3.05) is 19.8 Å². The van der Waals surface area contributed by atoms with E-state index in [1.165, 1.54) is 13.0 Å². The summed E-state index contributed by atoms with van der Waals surface area (Å²) in [6.07, 6.45) is 0.553. The SMILES string of the molecule is C=CCOC(=O)[C@@H](C)COC1OC(COC(C)=O)[C@@H](C)C(C)[C@@H]1N. The van der Waals surface area contributed by atoms with Crippen molar-refractivity contribution in [1.82, 2.24) is 0 Å². The van der Waals surface area contributed by atoms with Crippen LogP contribution in [0, 0.1) is 17.8 Å². The van der Waals surface area contributed by atoms with Crippen LogP contribution in [-0.4, -0.2) is 50.2 Å². The predicted molar refractivity (Wildman–Crippen MR) is 87.9 cm³/mol. The maximum atomic E-state index is 11.7. The van der Waals surface area contributed by atoms with Crippen LogP contribution in [0.1, 0.15) is 27.7 Å². The lowest BCUT2D eigenvalue weighted by molar-refractivity contribution is -0.242. The molecule has 0 radical (unpaired) electrons. The van der Waals surface area contributed by atoms with Crippen molar-refractivity contribution in [3.8, 4) is 0 Å². The fraction of sp³-hybridized carbons (Fsp3) is 0.765. The van der Waals surface area contributed by atoms with E-state index in [0.717, 1.165) is 0 Å². The Morgan fingerprint density at radius 1 is 1.29 bits per heavy atom. The average Bonchev–Trinajstić information content (AvgIpc) is 2.55. The van der Waals surface area contributed by atoms with Crippen molar-refractivity contribution >= 4 is 11.9 Å². The molecule has 0 bridgehead atoms. The maximum Gasteiger partial charge on any atom is 0.311 e. The zero-order valence-electron chi connectivity index (χ0n) is 14.9. The van der Waals surface area contributed by atoms with E-state index in [1.807, 2.05) is 13.8 Å². The second kappa shape index (κ2) is 9.76. The summed E-state index contributed by atoms with van der Waals surface area (Å²) in [4.78, 5) is 22.7. The molecular formula is C17H29NO6. The van der Waals surface area contributed by atoms with Gasteiger partial charge in [-0.2, -0.15) is 0 Å². The lowest BCUT2D eigenvalue weighted by atomic mass is 9.82. The molecule has 24 heavy (non-hydrogen) atoms. The first-order chi connectivity index (χ1) is 11.3. The van der Waals surface area contributed by atoms with E-state index in [-0.39, 0.29) is 55.7 Å². The second-order valence-electron chi connectivity index (χ2n) is 6.29. The molecule has 1 fully saturated rings. The smallest absolute Gasteiger partial charge is 0.311 e. The molecule has 1 aliphatic heterocycles. The summed E-state index contributed by atoms with van der Waals surface area (Å²) in [5, 5.41) is 0. The molecule has 0 aromatic heterocycles. The van der Waals surface area contributed by atoms with Gasteiger partial charge in [-0.3, -0.25) is 9.59 Å². The first-order valence-electron chi connectivity index (χ1n) is 8.21. The lowest BCUT2D eigenvalue weighted by Crippen LogP contribution is -2.56. The molecule has 1 saturated heterocycles. The number of carbonyl (C=O) groups excluding carboxylic acids is 2. The van der Waals surface area contributed by atoms with Crippen LogP contribution < -0.4 is 5.73 Å². The molecule has 7 heteroatoms. The fourth-order valence-electron chi connectivity index (χ4n) is 2.46. The van der Waals surface area contributed by atoms with Gasteiger partial charge < -0.3 is 24.7 Å². The largest absolute Gasteiger partial charge is 0.463 e. The summed E-state index contributed by atoms with van der Waals surface area (Å²) in [6, 6.07) is -0.329. The summed E-state index contributed by atoms with van der Waals surface area (Å²) in [6.45, 7) is 11.0. The van der Waals surface area contributed by atoms with Gasteiger partial charge in [-0.15, -0.1) is 0 Å². The van der Waals surface area contributed by atoms with Crippen LogP contribution in [0.4, 0.5) is 0 Å². The highest BCUT2D eigenvalue weighted by molar-refractivity contribution is 5.72. The van der Waals surface area contributed by atoms with Gasteiger partial charge in [0.1, 0.15) is 13.2 Å². The van der Waals surface area contributed by atoms with Gasteiger partial charge in [0.15, 0.2) is 6.29 Å². The number of hydrogen-bond acceptors (Lipinski definition) is 7. The highest BCUT2D eigenvalue weighted by atomic mass is 16.7. The monoisotopic (exact) mass is 343 g/mol. The fourth-order valence-corrected chi connectivity index (χ4v) is 2.46. The molecule has 0 aromatic rings. The maximum absolute atomic E-state index is 11.7. The molecule has 3 unspecified atom stereocenters. The molecule has 0 aromatic carbocycles. The van der Waals surface area contributed by atoms with E-state index in [1.54, 1.807) is 6.92 Å². The van der Waals surface area contributed by atoms with Crippen molar-refractivity contribution in [2.24, 2.45) is 23.5 Å². The Bertz CT molecular complexity index is 441. The molecule has 0 aliphatic carbocycles. The van der Waals surface area contributed by atoms with Crippen LogP contribution in [0.5, 0.6) is 0 Å². The van der Waals surface area contributed by atoms with E-state index in [0.29, 0.717) is 0 Å². The number of esters is 2. The molecular weight excluding hydrogens is 314 g/mol. The van der Waals surface area contributed by atoms with Crippen molar-refractivity contribution in [2.45, 2.75) is 46.1 Å². The standard InChI is InChI=1S/C17H29NO6/c1-6-7-21-16(20)10(2)8-23-17-15(18)12(4)11(3)14(24-17)9-22-13(5)19/h6,10-12,14-15,17H,1,7-9,18H2,2-5H3/t10-,11-,12?,14?,15-,17?/m0/s1. The van der Waals surface area contributed by atoms with Gasteiger partial charge in [0.2, 0.25) is 0 Å². The molecule has 1 rings (SSSR count). The summed E-state index contributed by atoms with van der Waals surface area (Å²) in [5.41, 5.74) is 6.19. The average molecular weight is 343 g/mol. The Labute approximate surface area is 143 Å². The van der Waals surface area contributed by atoms with Crippen molar-refractivity contribution in [1.29, 1.82) is 0 Å². The Balaban J connectivity index is 2.57. The van der Waals surface area contributed by atoms with E-state index in [4.69, 9.17) is 24.7 Å². The Morgan fingerprint density at radius 2 is 1.96 bits per heavy atom. The van der Waals surface area contributed by atoms with E-state index >= 15 is 0 Å². The van der Waals surface area contributed by atoms with Gasteiger partial charge >= 0.3 is 11.9 Å². The highest BCUT2D eigenvalue weighted by Gasteiger charge is 2.40. The first kappa shape index (κ1) is 20.6. The third kappa shape index (κ3) is 5.89. The third-order valence-corrected chi connectivity index (χ3v) is 4.35. The lowest BCUT2D eigenvalue weighted by Gasteiger charge is -2.42. The van der Waals surface area contributed by atoms with Gasteiger partial charge in [0.25, 0.3) is 0 Å². The molecule has 0 spiro atoms. The molecule has 6 atom stereocenters. The van der Waals surface area contributed by atoms with Crippen molar-refractivity contribution in [3.05, 3.63) is 12.7 Å². The number of ether oxygens (including phenoxy) is 4. The zero-order valence-corrected chi connectivity index (χ0v) is 14.9. The van der Waals surface area contributed by atoms with Gasteiger partial charge in [0.05, 0.1) is 24.7 Å². The quantitative estimate of drug-likeness (QED) is 0.523. The summed E-state index contributed by atoms with van der Waals surface area (Å²) in [7, 11) is 0. The van der Waals surface area contributed by atoms with Crippen LogP contribution in [0.2, 0.25) is 0 Å². The molecule has 0 saturated carbocycles. The number of rotatable bonds is 8. The molecule has 138 valence electrons. The summed E-state index contributed by atoms with van der Waals surface area (Å²) < 4.78 is 21.6. The minimum Gasteiger partial charge on any atom is -0.463 e. The van der Waals surface area contributed by atoms with Crippen LogP contribution in [0.15, 0.2) is 12.7 Å². The normalized spacial score (nSPS) is 31.1. The summed E-state index contributed by atoms with van der Waals surface area (Å²) >= 11 is 0. The molecule has 1 heterocycles. The van der Waals surface area contributed by atoms with Crippen LogP contribution >= 0.6 is 0 Å². The molecule has 2 N–H and O–H groups in total. The van der Waals surface area contributed by atoms with E-state index < -0.39 is 12.2 Å². The Kier molecular flexibility index (Phi) is 8.38. The van der Waals surface area contributed by atoms with E-state index in [2.05, 4.69) is 6.58 Å². The topological polar surface area (TPSA) is 97.1 Å². The van der Waals surface area contributed by atoms with Crippen LogP contribution in [0.25, 0.3) is 0 Å². The first-order valence-corrected chi connectivity index (χ1v) is 8.21. The number of carbonyl (C=O) groups is 2. The number of hydrogen-bond donors (Lipinski definition) is 1. The van der Waals surface area contributed by atoms with Crippen LogP contribution in [0.3, 0.4) is 0 Å². The Morgan fingerprint density at radius 3 is 2.54 bits per heavy atom. The molecule has 0 amide bonds. The third-order valence-electron chi connectivity index (χ3n) is 4.35. The van der Waals surface area contributed by atoms with Crippen molar-refractivity contribution < 1.29 is 28.5 Å². The van der Waals surface area contributed by atoms with Gasteiger partial charge in [-0.25, -0.2) is 0 Å².